The highest BCUT2D eigenvalue weighted by atomic mass is 16.5. The second kappa shape index (κ2) is 14.2. The van der Waals surface area contributed by atoms with Crippen LogP contribution in [0.25, 0.3) is 0 Å². The second-order valence-electron chi connectivity index (χ2n) is 11.1. The van der Waals surface area contributed by atoms with Crippen LogP contribution < -0.4 is 4.74 Å². The quantitative estimate of drug-likeness (QED) is 0.148. The SMILES string of the molecule is CC#CC(CC(=O)OCC)c1ccc(OC(c2ccc(CN3CCc4ccccc4C3)cc2)C2CC=CCC2)cc1. The van der Waals surface area contributed by atoms with Crippen LogP contribution in [-0.2, 0) is 29.0 Å². The first-order valence-corrected chi connectivity index (χ1v) is 15.0. The zero-order valence-corrected chi connectivity index (χ0v) is 24.4. The number of hydrogen-bond donors (Lipinski definition) is 0. The summed E-state index contributed by atoms with van der Waals surface area (Å²) in [5, 5.41) is 0. The highest BCUT2D eigenvalue weighted by molar-refractivity contribution is 5.71. The summed E-state index contributed by atoms with van der Waals surface area (Å²) in [6.45, 7) is 7.07. The van der Waals surface area contributed by atoms with Gasteiger partial charge in [0, 0.05) is 25.6 Å². The van der Waals surface area contributed by atoms with Gasteiger partial charge in [0.05, 0.1) is 18.9 Å². The van der Waals surface area contributed by atoms with Crippen molar-refractivity contribution in [3.05, 3.63) is 113 Å². The zero-order valence-electron chi connectivity index (χ0n) is 24.4. The van der Waals surface area contributed by atoms with Crippen molar-refractivity contribution in [2.75, 3.05) is 13.2 Å². The first kappa shape index (κ1) is 28.7. The van der Waals surface area contributed by atoms with Crippen molar-refractivity contribution in [3.63, 3.8) is 0 Å². The largest absolute Gasteiger partial charge is 0.485 e. The number of carbonyl (C=O) groups is 1. The average molecular weight is 548 g/mol. The molecule has 0 spiro atoms. The minimum atomic E-state index is -0.223. The molecule has 41 heavy (non-hydrogen) atoms. The zero-order chi connectivity index (χ0) is 28.4. The molecule has 0 aromatic heterocycles. The molecule has 3 atom stereocenters. The lowest BCUT2D eigenvalue weighted by Gasteiger charge is -2.30. The van der Waals surface area contributed by atoms with Crippen LogP contribution in [0.4, 0.5) is 0 Å². The van der Waals surface area contributed by atoms with Gasteiger partial charge in [0.15, 0.2) is 0 Å². The summed E-state index contributed by atoms with van der Waals surface area (Å²) in [6, 6.07) is 26.0. The van der Waals surface area contributed by atoms with E-state index in [1.165, 1.54) is 22.3 Å². The molecule has 0 fully saturated rings. The number of esters is 1. The Bertz CT molecular complexity index is 1380. The van der Waals surface area contributed by atoms with E-state index in [-0.39, 0.29) is 24.4 Å². The Labute approximate surface area is 245 Å². The van der Waals surface area contributed by atoms with E-state index in [9.17, 15) is 4.79 Å². The normalized spacial score (nSPS) is 18.0. The Balaban J connectivity index is 1.28. The van der Waals surface area contributed by atoms with Gasteiger partial charge in [0.25, 0.3) is 0 Å². The molecule has 0 saturated carbocycles. The van der Waals surface area contributed by atoms with Crippen molar-refractivity contribution >= 4 is 5.97 Å². The molecule has 2 aliphatic rings. The van der Waals surface area contributed by atoms with E-state index in [1.54, 1.807) is 6.92 Å². The number of benzene rings is 3. The lowest BCUT2D eigenvalue weighted by atomic mass is 9.85. The first-order valence-electron chi connectivity index (χ1n) is 15.0. The Hall–Kier alpha value is -3.81. The van der Waals surface area contributed by atoms with Crippen molar-refractivity contribution in [1.29, 1.82) is 0 Å². The van der Waals surface area contributed by atoms with Crippen LogP contribution in [0, 0.1) is 17.8 Å². The number of ether oxygens (including phenoxy) is 2. The smallest absolute Gasteiger partial charge is 0.307 e. The molecule has 3 aromatic rings. The van der Waals surface area contributed by atoms with Gasteiger partial charge in [-0.3, -0.25) is 9.69 Å². The summed E-state index contributed by atoms with van der Waals surface area (Å²) in [5.41, 5.74) is 6.50. The lowest BCUT2D eigenvalue weighted by molar-refractivity contribution is -0.143. The van der Waals surface area contributed by atoms with Crippen molar-refractivity contribution in [1.82, 2.24) is 4.90 Å². The fraction of sp³-hybridized carbons (Fsp3) is 0.378. The Morgan fingerprint density at radius 3 is 2.44 bits per heavy atom. The number of rotatable bonds is 10. The summed E-state index contributed by atoms with van der Waals surface area (Å²) >= 11 is 0. The predicted molar refractivity (Wildman–Crippen MR) is 164 cm³/mol. The van der Waals surface area contributed by atoms with E-state index in [0.717, 1.165) is 56.6 Å². The number of allylic oxidation sites excluding steroid dienone is 2. The molecule has 0 saturated heterocycles. The van der Waals surface area contributed by atoms with Crippen molar-refractivity contribution in [3.8, 4) is 17.6 Å². The molecule has 4 nitrogen and oxygen atoms in total. The van der Waals surface area contributed by atoms with Gasteiger partial charge >= 0.3 is 5.97 Å². The Morgan fingerprint density at radius 1 is 0.976 bits per heavy atom. The van der Waals surface area contributed by atoms with Crippen molar-refractivity contribution in [2.45, 2.75) is 71.1 Å². The third kappa shape index (κ3) is 7.69. The molecule has 0 N–H and O–H groups in total. The minimum Gasteiger partial charge on any atom is -0.485 e. The van der Waals surface area contributed by atoms with Gasteiger partial charge in [-0.15, -0.1) is 5.92 Å². The van der Waals surface area contributed by atoms with E-state index in [1.807, 2.05) is 31.2 Å². The van der Waals surface area contributed by atoms with E-state index >= 15 is 0 Å². The molecule has 0 radical (unpaired) electrons. The first-order chi connectivity index (χ1) is 20.1. The van der Waals surface area contributed by atoms with Gasteiger partial charge in [-0.25, -0.2) is 0 Å². The van der Waals surface area contributed by atoms with Gasteiger partial charge in [-0.05, 0) is 79.5 Å². The summed E-state index contributed by atoms with van der Waals surface area (Å²) in [7, 11) is 0. The number of nitrogens with zero attached hydrogens (tertiary/aromatic N) is 1. The summed E-state index contributed by atoms with van der Waals surface area (Å²) in [4.78, 5) is 14.6. The van der Waals surface area contributed by atoms with Crippen LogP contribution in [0.5, 0.6) is 5.75 Å². The molecule has 1 aliphatic heterocycles. The molecular weight excluding hydrogens is 506 g/mol. The van der Waals surface area contributed by atoms with E-state index in [2.05, 4.69) is 77.4 Å². The summed E-state index contributed by atoms with van der Waals surface area (Å²) in [6.07, 6.45) is 9.14. The van der Waals surface area contributed by atoms with Gasteiger partial charge in [0.1, 0.15) is 11.9 Å². The monoisotopic (exact) mass is 547 g/mol. The summed E-state index contributed by atoms with van der Waals surface area (Å²) < 4.78 is 11.9. The Kier molecular flexibility index (Phi) is 9.94. The lowest BCUT2D eigenvalue weighted by Crippen LogP contribution is -2.30. The van der Waals surface area contributed by atoms with Crippen LogP contribution in [0.2, 0.25) is 0 Å². The molecule has 4 heteroatoms. The standard InChI is InChI=1S/C37H41NO3/c1-3-10-33(25-36(39)40-4-2)30-19-21-35(22-20-30)41-37(31-12-6-5-7-13-31)32-17-15-28(16-18-32)26-38-24-23-29-11-8-9-14-34(29)27-38/h5-6,8-9,11,14-22,31,33,37H,4,7,12-13,23-27H2,1-2H3. The second-order valence-corrected chi connectivity index (χ2v) is 11.1. The molecule has 3 unspecified atom stereocenters. The number of fused-ring (bicyclic) bond motifs is 1. The van der Waals surface area contributed by atoms with Crippen LogP contribution in [0.1, 0.15) is 79.4 Å². The highest BCUT2D eigenvalue weighted by Crippen LogP contribution is 2.36. The molecule has 5 rings (SSSR count). The van der Waals surface area contributed by atoms with Gasteiger partial charge in [0.2, 0.25) is 0 Å². The van der Waals surface area contributed by atoms with Gasteiger partial charge < -0.3 is 9.47 Å². The average Bonchev–Trinajstić information content (AvgIpc) is 3.01. The number of hydrogen-bond acceptors (Lipinski definition) is 4. The molecule has 1 aliphatic carbocycles. The maximum Gasteiger partial charge on any atom is 0.307 e. The molecular formula is C37H41NO3. The topological polar surface area (TPSA) is 38.8 Å². The van der Waals surface area contributed by atoms with Crippen LogP contribution >= 0.6 is 0 Å². The minimum absolute atomic E-state index is 0.0209. The molecule has 3 aromatic carbocycles. The van der Waals surface area contributed by atoms with E-state index in [0.29, 0.717) is 12.5 Å². The fourth-order valence-corrected chi connectivity index (χ4v) is 6.03. The van der Waals surface area contributed by atoms with Crippen LogP contribution in [0.3, 0.4) is 0 Å². The van der Waals surface area contributed by atoms with Gasteiger partial charge in [-0.2, -0.15) is 0 Å². The third-order valence-electron chi connectivity index (χ3n) is 8.20. The predicted octanol–water partition coefficient (Wildman–Crippen LogP) is 7.78. The maximum absolute atomic E-state index is 12.1. The van der Waals surface area contributed by atoms with Gasteiger partial charge in [-0.1, -0.05) is 78.7 Å². The van der Waals surface area contributed by atoms with Crippen LogP contribution in [0.15, 0.2) is 84.9 Å². The molecule has 0 bridgehead atoms. The van der Waals surface area contributed by atoms with Crippen LogP contribution in [-0.4, -0.2) is 24.0 Å². The maximum atomic E-state index is 12.1. The van der Waals surface area contributed by atoms with E-state index < -0.39 is 0 Å². The van der Waals surface area contributed by atoms with Crippen molar-refractivity contribution in [2.24, 2.45) is 5.92 Å². The fourth-order valence-electron chi connectivity index (χ4n) is 6.03. The molecule has 0 amide bonds. The highest BCUT2D eigenvalue weighted by Gasteiger charge is 2.26. The van der Waals surface area contributed by atoms with Crippen molar-refractivity contribution < 1.29 is 14.3 Å². The summed E-state index contributed by atoms with van der Waals surface area (Å²) in [5.74, 6) is 6.97. The number of carbonyl (C=O) groups excluding carboxylic acids is 1. The van der Waals surface area contributed by atoms with E-state index in [4.69, 9.17) is 9.47 Å². The molecule has 212 valence electrons. The Morgan fingerprint density at radius 2 is 1.73 bits per heavy atom. The molecule has 1 heterocycles. The third-order valence-corrected chi connectivity index (χ3v) is 8.20.